The number of hydrogen-bond acceptors (Lipinski definition) is 3. The summed E-state index contributed by atoms with van der Waals surface area (Å²) < 4.78 is 0. The maximum atomic E-state index is 11.3. The predicted molar refractivity (Wildman–Crippen MR) is 59.4 cm³/mol. The predicted octanol–water partition coefficient (Wildman–Crippen LogP) is -0.378. The summed E-state index contributed by atoms with van der Waals surface area (Å²) in [6, 6.07) is 0.0374. The Labute approximate surface area is 95.6 Å². The molecule has 5 nitrogen and oxygen atoms in total. The molecular formula is C9H18ClN3O2. The van der Waals surface area contributed by atoms with Crippen molar-refractivity contribution in [2.45, 2.75) is 38.3 Å². The zero-order chi connectivity index (χ0) is 10.7. The van der Waals surface area contributed by atoms with Crippen LogP contribution >= 0.6 is 12.4 Å². The van der Waals surface area contributed by atoms with Crippen LogP contribution in [-0.4, -0.2) is 35.3 Å². The Morgan fingerprint density at radius 3 is 2.27 bits per heavy atom. The Balaban J connectivity index is 0.00000196. The second kappa shape index (κ2) is 5.92. The lowest BCUT2D eigenvalue weighted by molar-refractivity contribution is -0.132. The van der Waals surface area contributed by atoms with E-state index in [1.165, 1.54) is 6.92 Å². The summed E-state index contributed by atoms with van der Waals surface area (Å²) in [5, 5.41) is 0. The summed E-state index contributed by atoms with van der Waals surface area (Å²) in [7, 11) is 0. The molecule has 0 radical (unpaired) electrons. The third-order valence-electron chi connectivity index (χ3n) is 2.69. The number of carbonyl (C=O) groups excluding carboxylic acids is 2. The van der Waals surface area contributed by atoms with E-state index in [9.17, 15) is 9.59 Å². The highest BCUT2D eigenvalue weighted by atomic mass is 35.5. The Morgan fingerprint density at radius 2 is 1.87 bits per heavy atom. The summed E-state index contributed by atoms with van der Waals surface area (Å²) in [5.41, 5.74) is 10.7. The average molecular weight is 236 g/mol. The van der Waals surface area contributed by atoms with Crippen LogP contribution in [0.15, 0.2) is 0 Å². The van der Waals surface area contributed by atoms with E-state index >= 15 is 0 Å². The molecule has 2 amide bonds. The van der Waals surface area contributed by atoms with E-state index in [0.29, 0.717) is 6.54 Å². The molecule has 88 valence electrons. The molecule has 2 atom stereocenters. The van der Waals surface area contributed by atoms with Crippen molar-refractivity contribution in [1.82, 2.24) is 4.90 Å². The molecule has 0 saturated carbocycles. The lowest BCUT2D eigenvalue weighted by atomic mass is 10.1. The van der Waals surface area contributed by atoms with E-state index < -0.39 is 0 Å². The zero-order valence-electron chi connectivity index (χ0n) is 8.81. The first-order valence-electron chi connectivity index (χ1n) is 4.83. The normalized spacial score (nSPS) is 24.8. The molecule has 1 aliphatic rings. The number of likely N-dealkylation sites (tertiary alicyclic amines) is 1. The van der Waals surface area contributed by atoms with Crippen LogP contribution in [-0.2, 0) is 9.59 Å². The number of amides is 2. The number of primary amides is 1. The maximum Gasteiger partial charge on any atom is 0.220 e. The van der Waals surface area contributed by atoms with Crippen LogP contribution in [0.4, 0.5) is 0 Å². The van der Waals surface area contributed by atoms with Crippen molar-refractivity contribution in [3.05, 3.63) is 0 Å². The molecule has 0 aliphatic carbocycles. The molecule has 1 rings (SSSR count). The fourth-order valence-corrected chi connectivity index (χ4v) is 2.14. The van der Waals surface area contributed by atoms with Crippen LogP contribution in [0, 0.1) is 0 Å². The summed E-state index contributed by atoms with van der Waals surface area (Å²) in [6.07, 6.45) is 1.94. The first-order chi connectivity index (χ1) is 6.56. The van der Waals surface area contributed by atoms with Crippen molar-refractivity contribution in [2.24, 2.45) is 11.5 Å². The molecule has 0 aromatic heterocycles. The van der Waals surface area contributed by atoms with Crippen LogP contribution < -0.4 is 11.5 Å². The van der Waals surface area contributed by atoms with E-state index in [-0.39, 0.29) is 42.7 Å². The van der Waals surface area contributed by atoms with Gasteiger partial charge in [-0.2, -0.15) is 0 Å². The highest BCUT2D eigenvalue weighted by molar-refractivity contribution is 5.85. The quantitative estimate of drug-likeness (QED) is 0.699. The highest BCUT2D eigenvalue weighted by Gasteiger charge is 2.34. The molecule has 2 unspecified atom stereocenters. The molecule has 0 spiro atoms. The molecule has 1 heterocycles. The van der Waals surface area contributed by atoms with Crippen LogP contribution in [0.5, 0.6) is 0 Å². The Morgan fingerprint density at radius 1 is 1.33 bits per heavy atom. The lowest BCUT2D eigenvalue weighted by Gasteiger charge is -2.27. The first-order valence-corrected chi connectivity index (χ1v) is 4.83. The van der Waals surface area contributed by atoms with E-state index in [4.69, 9.17) is 11.5 Å². The second-order valence-electron chi connectivity index (χ2n) is 3.72. The fourth-order valence-electron chi connectivity index (χ4n) is 2.14. The molecule has 0 aromatic carbocycles. The number of nitrogens with two attached hydrogens (primary N) is 2. The zero-order valence-corrected chi connectivity index (χ0v) is 9.63. The van der Waals surface area contributed by atoms with E-state index in [1.807, 2.05) is 0 Å². The van der Waals surface area contributed by atoms with Gasteiger partial charge < -0.3 is 16.4 Å². The molecule has 6 heteroatoms. The smallest absolute Gasteiger partial charge is 0.220 e. The Kier molecular flexibility index (Phi) is 5.60. The van der Waals surface area contributed by atoms with Gasteiger partial charge in [0.1, 0.15) is 0 Å². The molecule has 1 aliphatic heterocycles. The van der Waals surface area contributed by atoms with Crippen LogP contribution in [0.3, 0.4) is 0 Å². The minimum Gasteiger partial charge on any atom is -0.370 e. The Bertz CT molecular complexity index is 248. The van der Waals surface area contributed by atoms with Gasteiger partial charge in [-0.25, -0.2) is 0 Å². The van der Waals surface area contributed by atoms with Crippen LogP contribution in [0.25, 0.3) is 0 Å². The van der Waals surface area contributed by atoms with Crippen molar-refractivity contribution in [2.75, 3.05) is 6.54 Å². The topological polar surface area (TPSA) is 89.4 Å². The highest BCUT2D eigenvalue weighted by Crippen LogP contribution is 2.25. The average Bonchev–Trinajstić information content (AvgIpc) is 2.46. The van der Waals surface area contributed by atoms with Gasteiger partial charge in [0.2, 0.25) is 11.8 Å². The summed E-state index contributed by atoms with van der Waals surface area (Å²) in [5.74, 6) is -0.386. The number of hydrogen-bond donors (Lipinski definition) is 2. The van der Waals surface area contributed by atoms with Gasteiger partial charge in [-0.15, -0.1) is 12.4 Å². The van der Waals surface area contributed by atoms with E-state index in [1.54, 1.807) is 4.90 Å². The van der Waals surface area contributed by atoms with Gasteiger partial charge in [0.25, 0.3) is 0 Å². The first kappa shape index (κ1) is 14.2. The van der Waals surface area contributed by atoms with Gasteiger partial charge in [0.15, 0.2) is 0 Å². The van der Waals surface area contributed by atoms with E-state index in [2.05, 4.69) is 0 Å². The largest absolute Gasteiger partial charge is 0.370 e. The minimum absolute atomic E-state index is 0. The Hall–Kier alpha value is -0.810. The number of rotatable bonds is 3. The van der Waals surface area contributed by atoms with Crippen LogP contribution in [0.1, 0.15) is 26.2 Å². The van der Waals surface area contributed by atoms with Gasteiger partial charge in [-0.05, 0) is 12.8 Å². The van der Waals surface area contributed by atoms with Crippen molar-refractivity contribution >= 4 is 24.2 Å². The monoisotopic (exact) mass is 235 g/mol. The maximum absolute atomic E-state index is 11.3. The van der Waals surface area contributed by atoms with E-state index in [0.717, 1.165) is 12.8 Å². The fraction of sp³-hybridized carbons (Fsp3) is 0.778. The van der Waals surface area contributed by atoms with Gasteiger partial charge in [-0.1, -0.05) is 0 Å². The summed E-state index contributed by atoms with van der Waals surface area (Å²) in [6.45, 7) is 1.96. The van der Waals surface area contributed by atoms with Crippen LogP contribution in [0.2, 0.25) is 0 Å². The SMILES string of the molecule is CC(=O)N1C(CN)CCC1CC(N)=O.Cl. The molecule has 0 aromatic rings. The third-order valence-corrected chi connectivity index (χ3v) is 2.69. The number of nitrogens with zero attached hydrogens (tertiary/aromatic N) is 1. The minimum atomic E-state index is -0.362. The van der Waals surface area contributed by atoms with Gasteiger partial charge in [-0.3, -0.25) is 9.59 Å². The second-order valence-corrected chi connectivity index (χ2v) is 3.72. The summed E-state index contributed by atoms with van der Waals surface area (Å²) >= 11 is 0. The third kappa shape index (κ3) is 3.35. The number of halogens is 1. The van der Waals surface area contributed by atoms with Crippen molar-refractivity contribution < 1.29 is 9.59 Å². The molecule has 1 saturated heterocycles. The molecule has 0 bridgehead atoms. The lowest BCUT2D eigenvalue weighted by Crippen LogP contribution is -2.44. The molecular weight excluding hydrogens is 218 g/mol. The number of carbonyl (C=O) groups is 2. The molecule has 15 heavy (non-hydrogen) atoms. The van der Waals surface area contributed by atoms with Gasteiger partial charge in [0, 0.05) is 32.0 Å². The van der Waals surface area contributed by atoms with Gasteiger partial charge in [0.05, 0.1) is 0 Å². The standard InChI is InChI=1S/C9H17N3O2.ClH/c1-6(13)12-7(4-9(11)14)2-3-8(12)5-10;/h7-8H,2-5,10H2,1H3,(H2,11,14);1H. The van der Waals surface area contributed by atoms with Crippen molar-refractivity contribution in [3.8, 4) is 0 Å². The van der Waals surface area contributed by atoms with Gasteiger partial charge >= 0.3 is 0 Å². The van der Waals surface area contributed by atoms with Crippen molar-refractivity contribution in [1.29, 1.82) is 0 Å². The molecule has 4 N–H and O–H groups in total. The summed E-state index contributed by atoms with van der Waals surface area (Å²) in [4.78, 5) is 23.8. The molecule has 1 fully saturated rings. The van der Waals surface area contributed by atoms with Crippen molar-refractivity contribution in [3.63, 3.8) is 0 Å².